The normalized spacial score (nSPS) is 8.11. The number of hydrogen-bond acceptors (Lipinski definition) is 9. The lowest BCUT2D eigenvalue weighted by Gasteiger charge is -1.93. The number of anilines is 3. The monoisotopic (exact) mass is 384 g/mol. The highest BCUT2D eigenvalue weighted by molar-refractivity contribution is 5.85. The molecule has 1 heterocycles. The molecule has 9 N–H and O–H groups in total. The van der Waals surface area contributed by atoms with Crippen LogP contribution in [0.4, 0.5) is 17.8 Å². The van der Waals surface area contributed by atoms with Gasteiger partial charge in [0.1, 0.15) is 0 Å². The first-order chi connectivity index (χ1) is 12.1. The summed E-state index contributed by atoms with van der Waals surface area (Å²) < 4.78 is 0. The quantitative estimate of drug-likeness (QED) is 0.392. The van der Waals surface area contributed by atoms with Crippen LogP contribution in [0.3, 0.4) is 0 Å². The SMILES string of the molecule is C=C(C)C(=O)O.C=C(C)C(=O)O.C=C(C)C(=O)O.Nc1nc(N)nc(N)n1. The second-order valence-electron chi connectivity index (χ2n) is 4.67. The van der Waals surface area contributed by atoms with Crippen molar-refractivity contribution < 1.29 is 29.7 Å². The van der Waals surface area contributed by atoms with Crippen molar-refractivity contribution in [2.75, 3.05) is 17.2 Å². The third-order valence-corrected chi connectivity index (χ3v) is 1.78. The topological polar surface area (TPSA) is 229 Å². The van der Waals surface area contributed by atoms with E-state index in [0.29, 0.717) is 0 Å². The maximum atomic E-state index is 9.60. The predicted octanol–water partition coefficient (Wildman–Crippen LogP) is 0.560. The van der Waals surface area contributed by atoms with Gasteiger partial charge < -0.3 is 32.5 Å². The Bertz CT molecular complexity index is 573. The van der Waals surface area contributed by atoms with Gasteiger partial charge in [0.15, 0.2) is 0 Å². The standard InChI is InChI=1S/3C4H6O2.C3H6N6/c3*1-3(2)4(5)6;4-1-7-2(5)9-3(6)8-1/h3*1H2,2H3,(H,5,6);(H6,4,5,6,7,8,9). The molecule has 0 fully saturated rings. The van der Waals surface area contributed by atoms with E-state index in [1.165, 1.54) is 20.8 Å². The number of carboxylic acid groups (broad SMARTS) is 3. The molecule has 1 aromatic rings. The maximum Gasteiger partial charge on any atom is 0.330 e. The Balaban J connectivity index is -0.000000291. The molecule has 0 aliphatic heterocycles. The smallest absolute Gasteiger partial charge is 0.330 e. The van der Waals surface area contributed by atoms with E-state index in [-0.39, 0.29) is 34.6 Å². The van der Waals surface area contributed by atoms with Gasteiger partial charge in [0.05, 0.1) is 0 Å². The van der Waals surface area contributed by atoms with Crippen LogP contribution >= 0.6 is 0 Å². The fraction of sp³-hybridized carbons (Fsp3) is 0.200. The highest BCUT2D eigenvalue weighted by Crippen LogP contribution is 1.97. The average Bonchev–Trinajstić information content (AvgIpc) is 2.47. The van der Waals surface area contributed by atoms with Gasteiger partial charge in [-0.25, -0.2) is 14.4 Å². The Hall–Kier alpha value is -3.96. The molecule has 12 nitrogen and oxygen atoms in total. The molecule has 0 saturated carbocycles. The third kappa shape index (κ3) is 22.0. The minimum absolute atomic E-state index is 0.0417. The van der Waals surface area contributed by atoms with Crippen LogP contribution in [0.15, 0.2) is 36.5 Å². The molecule has 0 atom stereocenters. The van der Waals surface area contributed by atoms with Gasteiger partial charge in [-0.1, -0.05) is 19.7 Å². The summed E-state index contributed by atoms with van der Waals surface area (Å²) in [5.74, 6) is -2.68. The van der Waals surface area contributed by atoms with Gasteiger partial charge >= 0.3 is 17.9 Å². The fourth-order valence-corrected chi connectivity index (χ4v) is 0.427. The van der Waals surface area contributed by atoms with Gasteiger partial charge in [-0.3, -0.25) is 0 Å². The summed E-state index contributed by atoms with van der Waals surface area (Å²) in [5, 5.41) is 23.7. The van der Waals surface area contributed by atoms with E-state index in [4.69, 9.17) is 32.5 Å². The molecule has 0 spiro atoms. The van der Waals surface area contributed by atoms with Gasteiger partial charge in [-0.15, -0.1) is 0 Å². The van der Waals surface area contributed by atoms with Crippen molar-refractivity contribution in [3.63, 3.8) is 0 Å². The fourth-order valence-electron chi connectivity index (χ4n) is 0.427. The second-order valence-corrected chi connectivity index (χ2v) is 4.67. The zero-order chi connectivity index (χ0) is 22.3. The summed E-state index contributed by atoms with van der Waals surface area (Å²) in [4.78, 5) is 39.3. The van der Waals surface area contributed by atoms with Gasteiger partial charge in [-0.05, 0) is 20.8 Å². The van der Waals surface area contributed by atoms with Crippen molar-refractivity contribution in [3.05, 3.63) is 36.5 Å². The van der Waals surface area contributed by atoms with Crippen LogP contribution in [0.5, 0.6) is 0 Å². The largest absolute Gasteiger partial charge is 0.478 e. The molecule has 1 aromatic heterocycles. The van der Waals surface area contributed by atoms with E-state index in [2.05, 4.69) is 34.7 Å². The van der Waals surface area contributed by atoms with Crippen molar-refractivity contribution >= 4 is 35.8 Å². The molecule has 0 radical (unpaired) electrons. The van der Waals surface area contributed by atoms with E-state index >= 15 is 0 Å². The van der Waals surface area contributed by atoms with Crippen LogP contribution in [-0.4, -0.2) is 48.2 Å². The highest BCUT2D eigenvalue weighted by atomic mass is 16.4. The number of nitrogens with zero attached hydrogens (tertiary/aromatic N) is 3. The minimum atomic E-state index is -0.935. The van der Waals surface area contributed by atoms with Crippen molar-refractivity contribution in [3.8, 4) is 0 Å². The molecule has 1 rings (SSSR count). The molecule has 12 heteroatoms. The van der Waals surface area contributed by atoms with E-state index in [1.54, 1.807) is 0 Å². The van der Waals surface area contributed by atoms with Crippen LogP contribution < -0.4 is 17.2 Å². The molecular weight excluding hydrogens is 360 g/mol. The molecule has 27 heavy (non-hydrogen) atoms. The van der Waals surface area contributed by atoms with Crippen LogP contribution in [0.1, 0.15) is 20.8 Å². The Kier molecular flexibility index (Phi) is 14.9. The molecular formula is C15H24N6O6. The van der Waals surface area contributed by atoms with Gasteiger partial charge in [0, 0.05) is 16.7 Å². The molecule has 0 aromatic carbocycles. The summed E-state index contributed by atoms with van der Waals surface area (Å²) in [7, 11) is 0. The van der Waals surface area contributed by atoms with E-state index in [0.717, 1.165) is 0 Å². The Labute approximate surface area is 155 Å². The molecule has 0 unspecified atom stereocenters. The summed E-state index contributed by atoms with van der Waals surface area (Å²) in [6, 6.07) is 0. The summed E-state index contributed by atoms with van der Waals surface area (Å²) >= 11 is 0. The van der Waals surface area contributed by atoms with Crippen LogP contribution in [0.2, 0.25) is 0 Å². The van der Waals surface area contributed by atoms with Crippen LogP contribution in [0.25, 0.3) is 0 Å². The predicted molar refractivity (Wildman–Crippen MR) is 100 cm³/mol. The number of carboxylic acids is 3. The lowest BCUT2D eigenvalue weighted by molar-refractivity contribution is -0.133. The molecule has 0 saturated heterocycles. The van der Waals surface area contributed by atoms with E-state index in [9.17, 15) is 14.4 Å². The van der Waals surface area contributed by atoms with Crippen molar-refractivity contribution in [2.45, 2.75) is 20.8 Å². The first-order valence-corrected chi connectivity index (χ1v) is 6.80. The number of hydrogen-bond donors (Lipinski definition) is 6. The zero-order valence-corrected chi connectivity index (χ0v) is 15.3. The number of rotatable bonds is 3. The maximum absolute atomic E-state index is 9.60. The summed E-state index contributed by atoms with van der Waals surface area (Å²) in [6.07, 6.45) is 0. The van der Waals surface area contributed by atoms with E-state index < -0.39 is 17.9 Å². The zero-order valence-electron chi connectivity index (χ0n) is 15.3. The minimum Gasteiger partial charge on any atom is -0.478 e. The average molecular weight is 384 g/mol. The van der Waals surface area contributed by atoms with Crippen LogP contribution in [-0.2, 0) is 14.4 Å². The number of aromatic nitrogens is 3. The van der Waals surface area contributed by atoms with Gasteiger partial charge in [0.2, 0.25) is 17.8 Å². The highest BCUT2D eigenvalue weighted by Gasteiger charge is 1.94. The first kappa shape index (κ1) is 27.9. The number of nitrogen functional groups attached to an aromatic ring is 3. The van der Waals surface area contributed by atoms with E-state index in [1.807, 2.05) is 0 Å². The van der Waals surface area contributed by atoms with Gasteiger partial charge in [0.25, 0.3) is 0 Å². The first-order valence-electron chi connectivity index (χ1n) is 6.80. The molecule has 150 valence electrons. The van der Waals surface area contributed by atoms with Crippen LogP contribution in [0, 0.1) is 0 Å². The molecule has 0 amide bonds. The second kappa shape index (κ2) is 14.4. The third-order valence-electron chi connectivity index (χ3n) is 1.78. The summed E-state index contributed by atoms with van der Waals surface area (Å²) in [5.41, 5.74) is 15.9. The van der Waals surface area contributed by atoms with Gasteiger partial charge in [-0.2, -0.15) is 15.0 Å². The number of nitrogens with two attached hydrogens (primary N) is 3. The Morgan fingerprint density at radius 3 is 0.815 bits per heavy atom. The summed E-state index contributed by atoms with van der Waals surface area (Å²) in [6.45, 7) is 13.8. The number of carbonyl (C=O) groups is 3. The van der Waals surface area contributed by atoms with Crippen molar-refractivity contribution in [2.24, 2.45) is 0 Å². The molecule has 0 bridgehead atoms. The lowest BCUT2D eigenvalue weighted by Crippen LogP contribution is -2.05. The lowest BCUT2D eigenvalue weighted by atomic mass is 10.4. The van der Waals surface area contributed by atoms with Crippen molar-refractivity contribution in [1.82, 2.24) is 15.0 Å². The molecule has 0 aliphatic rings. The van der Waals surface area contributed by atoms with Crippen molar-refractivity contribution in [1.29, 1.82) is 0 Å². The Morgan fingerprint density at radius 1 is 0.630 bits per heavy atom. The number of aliphatic carboxylic acids is 3. The Morgan fingerprint density at radius 2 is 0.741 bits per heavy atom. The molecule has 0 aliphatic carbocycles.